The first-order valence-corrected chi connectivity index (χ1v) is 10.9. The second kappa shape index (κ2) is 11.0. The van der Waals surface area contributed by atoms with Gasteiger partial charge in [-0.05, 0) is 50.2 Å². The average Bonchev–Trinajstić information content (AvgIpc) is 2.63. The highest BCUT2D eigenvalue weighted by Crippen LogP contribution is 2.31. The van der Waals surface area contributed by atoms with Crippen LogP contribution in [0.25, 0.3) is 0 Å². The first kappa shape index (κ1) is 23.0. The summed E-state index contributed by atoms with van der Waals surface area (Å²) in [7, 11) is 0. The lowest BCUT2D eigenvalue weighted by atomic mass is 9.84. The fourth-order valence-electron chi connectivity index (χ4n) is 3.27. The quantitative estimate of drug-likeness (QED) is 0.572. The third-order valence-electron chi connectivity index (χ3n) is 5.29. The Hall–Kier alpha value is -1.00. The van der Waals surface area contributed by atoms with Gasteiger partial charge >= 0.3 is 0 Å². The molecule has 26 heavy (non-hydrogen) atoms. The molecule has 0 radical (unpaired) electrons. The van der Waals surface area contributed by atoms with E-state index in [0.717, 1.165) is 25.0 Å². The van der Waals surface area contributed by atoms with Crippen molar-refractivity contribution in [3.8, 4) is 0 Å². The fourth-order valence-corrected chi connectivity index (χ4v) is 4.30. The molecule has 1 amide bonds. The number of rotatable bonds is 11. The third-order valence-corrected chi connectivity index (χ3v) is 6.65. The summed E-state index contributed by atoms with van der Waals surface area (Å²) in [5.41, 5.74) is 2.54. The molecular formula is C22H37NO2S. The predicted octanol–water partition coefficient (Wildman–Crippen LogP) is 4.95. The van der Waals surface area contributed by atoms with E-state index in [1.54, 1.807) is 11.8 Å². The summed E-state index contributed by atoms with van der Waals surface area (Å²) in [5, 5.41) is 12.9. The van der Waals surface area contributed by atoms with Crippen LogP contribution in [0.2, 0.25) is 0 Å². The van der Waals surface area contributed by atoms with Crippen molar-refractivity contribution in [2.45, 2.75) is 77.3 Å². The summed E-state index contributed by atoms with van der Waals surface area (Å²) in [6.45, 7) is 12.6. The van der Waals surface area contributed by atoms with Gasteiger partial charge in [0, 0.05) is 18.4 Å². The molecule has 1 aromatic carbocycles. The van der Waals surface area contributed by atoms with Crippen LogP contribution in [-0.4, -0.2) is 28.4 Å². The minimum Gasteiger partial charge on any atom is -0.396 e. The van der Waals surface area contributed by atoms with Crippen LogP contribution in [-0.2, 0) is 10.5 Å². The van der Waals surface area contributed by atoms with Crippen LogP contribution in [0.4, 0.5) is 0 Å². The van der Waals surface area contributed by atoms with Crippen LogP contribution >= 0.6 is 11.8 Å². The van der Waals surface area contributed by atoms with Crippen LogP contribution < -0.4 is 5.32 Å². The molecule has 0 aliphatic heterocycles. The number of hydrogen-bond donors (Lipinski definition) is 2. The second-order valence-electron chi connectivity index (χ2n) is 7.84. The standard InChI is InChI=1S/C22H37NO2S/c1-7-11-18(8-2)20(17(4)14-24)23-21(25)22(5,6)26-15-19-13-10-9-12-16(19)3/h9-10,12-13,17-18,20,24H,7-8,11,14-15H2,1-6H3,(H,23,25). The lowest BCUT2D eigenvalue weighted by molar-refractivity contribution is -0.124. The first-order valence-electron chi connectivity index (χ1n) is 9.87. The third kappa shape index (κ3) is 6.62. The van der Waals surface area contributed by atoms with Crippen molar-refractivity contribution in [2.24, 2.45) is 11.8 Å². The molecule has 2 N–H and O–H groups in total. The molecular weight excluding hydrogens is 342 g/mol. The van der Waals surface area contributed by atoms with E-state index in [9.17, 15) is 9.90 Å². The first-order chi connectivity index (χ1) is 12.3. The van der Waals surface area contributed by atoms with Crippen LogP contribution in [0.3, 0.4) is 0 Å². The lowest BCUT2D eigenvalue weighted by Crippen LogP contribution is -2.51. The maximum absolute atomic E-state index is 13.0. The van der Waals surface area contributed by atoms with Gasteiger partial charge in [-0.3, -0.25) is 4.79 Å². The zero-order valence-electron chi connectivity index (χ0n) is 17.3. The molecule has 0 spiro atoms. The molecule has 1 rings (SSSR count). The Morgan fingerprint density at radius 3 is 2.46 bits per heavy atom. The predicted molar refractivity (Wildman–Crippen MR) is 113 cm³/mol. The summed E-state index contributed by atoms with van der Waals surface area (Å²) in [6, 6.07) is 8.35. The van der Waals surface area contributed by atoms with Gasteiger partial charge < -0.3 is 10.4 Å². The van der Waals surface area contributed by atoms with E-state index < -0.39 is 4.75 Å². The fraction of sp³-hybridized carbons (Fsp3) is 0.682. The Kier molecular flexibility index (Phi) is 9.73. The number of thioether (sulfide) groups is 1. The van der Waals surface area contributed by atoms with Gasteiger partial charge in [0.2, 0.25) is 5.91 Å². The van der Waals surface area contributed by atoms with Crippen molar-refractivity contribution in [1.29, 1.82) is 0 Å². The molecule has 0 saturated heterocycles. The highest BCUT2D eigenvalue weighted by atomic mass is 32.2. The van der Waals surface area contributed by atoms with Gasteiger partial charge in [-0.2, -0.15) is 0 Å². The Morgan fingerprint density at radius 2 is 1.92 bits per heavy atom. The molecule has 1 aromatic rings. The normalized spacial score (nSPS) is 15.3. The second-order valence-corrected chi connectivity index (χ2v) is 9.44. The van der Waals surface area contributed by atoms with Crippen LogP contribution in [0.15, 0.2) is 24.3 Å². The van der Waals surface area contributed by atoms with Crippen molar-refractivity contribution in [1.82, 2.24) is 5.32 Å². The molecule has 0 saturated carbocycles. The SMILES string of the molecule is CCCC(CC)C(NC(=O)C(C)(C)SCc1ccccc1C)C(C)CO. The number of nitrogens with one attached hydrogen (secondary N) is 1. The number of carbonyl (C=O) groups excluding carboxylic acids is 1. The zero-order valence-corrected chi connectivity index (χ0v) is 18.2. The van der Waals surface area contributed by atoms with Crippen molar-refractivity contribution in [3.63, 3.8) is 0 Å². The van der Waals surface area contributed by atoms with Crippen molar-refractivity contribution in [2.75, 3.05) is 6.61 Å². The van der Waals surface area contributed by atoms with Gasteiger partial charge in [-0.25, -0.2) is 0 Å². The van der Waals surface area contributed by atoms with E-state index in [-0.39, 0.29) is 24.5 Å². The highest BCUT2D eigenvalue weighted by Gasteiger charge is 2.33. The van der Waals surface area contributed by atoms with Crippen LogP contribution in [0.5, 0.6) is 0 Å². The Labute approximate surface area is 164 Å². The number of aryl methyl sites for hydroxylation is 1. The summed E-state index contributed by atoms with van der Waals surface area (Å²) in [4.78, 5) is 13.0. The number of benzene rings is 1. The molecule has 0 heterocycles. The molecule has 0 aliphatic rings. The number of aliphatic hydroxyl groups excluding tert-OH is 1. The molecule has 3 atom stereocenters. The van der Waals surface area contributed by atoms with Crippen molar-refractivity contribution < 1.29 is 9.90 Å². The largest absolute Gasteiger partial charge is 0.396 e. The van der Waals surface area contributed by atoms with E-state index in [1.165, 1.54) is 11.1 Å². The topological polar surface area (TPSA) is 49.3 Å². The number of amides is 1. The molecule has 0 aliphatic carbocycles. The molecule has 3 nitrogen and oxygen atoms in total. The maximum Gasteiger partial charge on any atom is 0.235 e. The monoisotopic (exact) mass is 379 g/mol. The lowest BCUT2D eigenvalue weighted by Gasteiger charge is -2.34. The maximum atomic E-state index is 13.0. The van der Waals surface area contributed by atoms with E-state index in [4.69, 9.17) is 0 Å². The van der Waals surface area contributed by atoms with Gasteiger partial charge in [-0.15, -0.1) is 11.8 Å². The van der Waals surface area contributed by atoms with Crippen molar-refractivity contribution in [3.05, 3.63) is 35.4 Å². The minimum atomic E-state index is -0.514. The number of hydrogen-bond acceptors (Lipinski definition) is 3. The van der Waals surface area contributed by atoms with E-state index in [0.29, 0.717) is 5.92 Å². The van der Waals surface area contributed by atoms with Gasteiger partial charge in [0.05, 0.1) is 4.75 Å². The number of aliphatic hydroxyl groups is 1. The molecule has 0 bridgehead atoms. The molecule has 148 valence electrons. The highest BCUT2D eigenvalue weighted by molar-refractivity contribution is 8.00. The average molecular weight is 380 g/mol. The van der Waals surface area contributed by atoms with Gasteiger partial charge in [0.25, 0.3) is 0 Å². The van der Waals surface area contributed by atoms with Crippen LogP contribution in [0, 0.1) is 18.8 Å². The number of carbonyl (C=O) groups is 1. The minimum absolute atomic E-state index is 0.0239. The van der Waals surface area contributed by atoms with E-state index in [1.807, 2.05) is 32.9 Å². The Bertz CT molecular complexity index is 559. The summed E-state index contributed by atoms with van der Waals surface area (Å²) in [6.07, 6.45) is 3.18. The van der Waals surface area contributed by atoms with E-state index in [2.05, 4.69) is 38.2 Å². The van der Waals surface area contributed by atoms with Crippen LogP contribution in [0.1, 0.15) is 65.0 Å². The smallest absolute Gasteiger partial charge is 0.235 e. The molecule has 3 unspecified atom stereocenters. The van der Waals surface area contributed by atoms with Gasteiger partial charge in [-0.1, -0.05) is 57.9 Å². The summed E-state index contributed by atoms with van der Waals surface area (Å²) >= 11 is 1.67. The van der Waals surface area contributed by atoms with Crippen molar-refractivity contribution >= 4 is 17.7 Å². The summed E-state index contributed by atoms with van der Waals surface area (Å²) < 4.78 is -0.514. The van der Waals surface area contributed by atoms with Gasteiger partial charge in [0.15, 0.2) is 0 Å². The van der Waals surface area contributed by atoms with E-state index >= 15 is 0 Å². The Balaban J connectivity index is 2.80. The molecule has 0 aromatic heterocycles. The zero-order chi connectivity index (χ0) is 19.7. The molecule has 4 heteroatoms. The molecule has 0 fully saturated rings. The Morgan fingerprint density at radius 1 is 1.27 bits per heavy atom. The van der Waals surface area contributed by atoms with Gasteiger partial charge in [0.1, 0.15) is 0 Å². The summed E-state index contributed by atoms with van der Waals surface area (Å²) in [5.74, 6) is 1.35.